The molecule has 0 fully saturated rings. The summed E-state index contributed by atoms with van der Waals surface area (Å²) in [5.41, 5.74) is 0.533. The summed E-state index contributed by atoms with van der Waals surface area (Å²) in [6, 6.07) is 7.13. The standard InChI is InChI=1S/C13H9ClFNO2/c1-8-5-12(17)11(13(14)18)7-16(8)10-4-2-3-9(15)6-10/h2-7H,1H3. The number of halogens is 2. The number of pyridine rings is 1. The van der Waals surface area contributed by atoms with Gasteiger partial charge < -0.3 is 4.57 Å². The topological polar surface area (TPSA) is 39.1 Å². The summed E-state index contributed by atoms with van der Waals surface area (Å²) < 4.78 is 14.7. The first kappa shape index (κ1) is 12.5. The smallest absolute Gasteiger partial charge is 0.257 e. The number of carbonyl (C=O) groups excluding carboxylic acids is 1. The first-order valence-corrected chi connectivity index (χ1v) is 5.56. The van der Waals surface area contributed by atoms with Crippen LogP contribution in [0.15, 0.2) is 41.3 Å². The first-order valence-electron chi connectivity index (χ1n) is 5.18. The van der Waals surface area contributed by atoms with Crippen LogP contribution in [0, 0.1) is 12.7 Å². The van der Waals surface area contributed by atoms with Crippen molar-refractivity contribution in [3.8, 4) is 5.69 Å². The van der Waals surface area contributed by atoms with Crippen LogP contribution in [0.2, 0.25) is 0 Å². The van der Waals surface area contributed by atoms with Crippen molar-refractivity contribution in [3.05, 3.63) is 63.8 Å². The molecule has 2 aromatic rings. The monoisotopic (exact) mass is 265 g/mol. The maximum Gasteiger partial charge on any atom is 0.257 e. The van der Waals surface area contributed by atoms with Gasteiger partial charge in [-0.05, 0) is 36.7 Å². The third-order valence-corrected chi connectivity index (χ3v) is 2.75. The molecule has 0 saturated carbocycles. The lowest BCUT2D eigenvalue weighted by Gasteiger charge is -2.11. The van der Waals surface area contributed by atoms with Crippen molar-refractivity contribution in [1.82, 2.24) is 4.57 Å². The van der Waals surface area contributed by atoms with E-state index in [0.717, 1.165) is 0 Å². The van der Waals surface area contributed by atoms with Gasteiger partial charge in [0.05, 0.1) is 5.56 Å². The molecule has 2 rings (SSSR count). The van der Waals surface area contributed by atoms with Gasteiger partial charge in [-0.3, -0.25) is 9.59 Å². The van der Waals surface area contributed by atoms with Crippen LogP contribution >= 0.6 is 11.6 Å². The molecule has 0 atom stereocenters. The van der Waals surface area contributed by atoms with Crippen LogP contribution in [0.1, 0.15) is 16.1 Å². The van der Waals surface area contributed by atoms with Crippen LogP contribution in [0.4, 0.5) is 4.39 Å². The van der Waals surface area contributed by atoms with E-state index in [2.05, 4.69) is 0 Å². The van der Waals surface area contributed by atoms with E-state index in [1.54, 1.807) is 23.6 Å². The van der Waals surface area contributed by atoms with Crippen LogP contribution in [0.25, 0.3) is 5.69 Å². The molecule has 5 heteroatoms. The van der Waals surface area contributed by atoms with Crippen molar-refractivity contribution in [2.45, 2.75) is 6.92 Å². The molecule has 0 bridgehead atoms. The van der Waals surface area contributed by atoms with Gasteiger partial charge in [-0.25, -0.2) is 4.39 Å². The highest BCUT2D eigenvalue weighted by molar-refractivity contribution is 6.67. The zero-order valence-electron chi connectivity index (χ0n) is 9.48. The third-order valence-electron chi connectivity index (χ3n) is 2.54. The fraction of sp³-hybridized carbons (Fsp3) is 0.0769. The van der Waals surface area contributed by atoms with Crippen LogP contribution < -0.4 is 5.43 Å². The molecule has 1 heterocycles. The number of aromatic nitrogens is 1. The molecule has 3 nitrogen and oxygen atoms in total. The molecule has 0 aliphatic rings. The fourth-order valence-electron chi connectivity index (χ4n) is 1.68. The lowest BCUT2D eigenvalue weighted by molar-refractivity contribution is 0.108. The fourth-order valence-corrected chi connectivity index (χ4v) is 1.83. The second-order valence-corrected chi connectivity index (χ2v) is 4.16. The van der Waals surface area contributed by atoms with E-state index >= 15 is 0 Å². The first-order chi connectivity index (χ1) is 8.49. The van der Waals surface area contributed by atoms with E-state index in [-0.39, 0.29) is 5.56 Å². The van der Waals surface area contributed by atoms with E-state index in [4.69, 9.17) is 11.6 Å². The maximum atomic E-state index is 13.2. The molecule has 0 saturated heterocycles. The van der Waals surface area contributed by atoms with Crippen LogP contribution in [-0.4, -0.2) is 9.81 Å². The van der Waals surface area contributed by atoms with E-state index in [0.29, 0.717) is 11.4 Å². The van der Waals surface area contributed by atoms with E-state index in [1.165, 1.54) is 24.4 Å². The summed E-state index contributed by atoms with van der Waals surface area (Å²) in [5, 5.41) is -0.829. The maximum absolute atomic E-state index is 13.2. The number of benzene rings is 1. The molecular weight excluding hydrogens is 257 g/mol. The Labute approximate surface area is 107 Å². The summed E-state index contributed by atoms with van der Waals surface area (Å²) in [6.07, 6.45) is 1.32. The van der Waals surface area contributed by atoms with Crippen LogP contribution in [-0.2, 0) is 0 Å². The Morgan fingerprint density at radius 3 is 2.67 bits per heavy atom. The van der Waals surface area contributed by atoms with Gasteiger partial charge in [0.2, 0.25) is 0 Å². The molecule has 1 aromatic carbocycles. The SMILES string of the molecule is Cc1cc(=O)c(C(=O)Cl)cn1-c1cccc(F)c1. The number of carbonyl (C=O) groups is 1. The van der Waals surface area contributed by atoms with Crippen molar-refractivity contribution >= 4 is 16.8 Å². The van der Waals surface area contributed by atoms with Gasteiger partial charge in [-0.2, -0.15) is 0 Å². The number of aryl methyl sites for hydroxylation is 1. The second kappa shape index (κ2) is 4.74. The lowest BCUT2D eigenvalue weighted by Crippen LogP contribution is -2.16. The molecule has 0 unspecified atom stereocenters. The molecule has 0 radical (unpaired) electrons. The number of rotatable bonds is 2. The quantitative estimate of drug-likeness (QED) is 0.783. The molecule has 1 aromatic heterocycles. The van der Waals surface area contributed by atoms with Gasteiger partial charge in [-0.15, -0.1) is 0 Å². The van der Waals surface area contributed by atoms with Gasteiger partial charge in [-0.1, -0.05) is 6.07 Å². The van der Waals surface area contributed by atoms with Crippen molar-refractivity contribution in [3.63, 3.8) is 0 Å². The minimum absolute atomic E-state index is 0.133. The highest BCUT2D eigenvalue weighted by Crippen LogP contribution is 2.13. The predicted octanol–water partition coefficient (Wildman–Crippen LogP) is 2.66. The summed E-state index contributed by atoms with van der Waals surface area (Å²) in [5.74, 6) is -0.399. The molecule has 0 amide bonds. The normalized spacial score (nSPS) is 10.4. The van der Waals surface area contributed by atoms with Gasteiger partial charge in [0.15, 0.2) is 5.43 Å². The highest BCUT2D eigenvalue weighted by Gasteiger charge is 2.10. The van der Waals surface area contributed by atoms with Crippen molar-refractivity contribution in [1.29, 1.82) is 0 Å². The summed E-state index contributed by atoms with van der Waals surface area (Å²) >= 11 is 5.33. The molecule has 92 valence electrons. The Morgan fingerprint density at radius 2 is 2.06 bits per heavy atom. The third kappa shape index (κ3) is 2.33. The summed E-state index contributed by atoms with van der Waals surface area (Å²) in [6.45, 7) is 1.69. The molecule has 18 heavy (non-hydrogen) atoms. The minimum atomic E-state index is -0.829. The summed E-state index contributed by atoms with van der Waals surface area (Å²) in [7, 11) is 0. The van der Waals surface area contributed by atoms with Crippen LogP contribution in [0.3, 0.4) is 0 Å². The van der Waals surface area contributed by atoms with Crippen molar-refractivity contribution < 1.29 is 9.18 Å². The van der Waals surface area contributed by atoms with Crippen LogP contribution in [0.5, 0.6) is 0 Å². The second-order valence-electron chi connectivity index (χ2n) is 3.82. The van der Waals surface area contributed by atoms with E-state index in [1.807, 2.05) is 0 Å². The molecule has 0 aliphatic carbocycles. The largest absolute Gasteiger partial charge is 0.320 e. The Hall–Kier alpha value is -1.94. The van der Waals surface area contributed by atoms with Gasteiger partial charge in [0.25, 0.3) is 5.24 Å². The Balaban J connectivity index is 2.68. The van der Waals surface area contributed by atoms with Gasteiger partial charge in [0, 0.05) is 23.6 Å². The number of hydrogen-bond acceptors (Lipinski definition) is 2. The van der Waals surface area contributed by atoms with E-state index in [9.17, 15) is 14.0 Å². The van der Waals surface area contributed by atoms with Crippen molar-refractivity contribution in [2.24, 2.45) is 0 Å². The molecule has 0 N–H and O–H groups in total. The van der Waals surface area contributed by atoms with E-state index < -0.39 is 16.5 Å². The molecular formula is C13H9ClFNO2. The molecule has 0 aliphatic heterocycles. The summed E-state index contributed by atoms with van der Waals surface area (Å²) in [4.78, 5) is 22.6. The molecule has 0 spiro atoms. The Bertz CT molecular complexity index is 679. The minimum Gasteiger partial charge on any atom is -0.320 e. The number of nitrogens with zero attached hydrogens (tertiary/aromatic N) is 1. The zero-order chi connectivity index (χ0) is 13.3. The lowest BCUT2D eigenvalue weighted by atomic mass is 10.2. The van der Waals surface area contributed by atoms with Gasteiger partial charge >= 0.3 is 0 Å². The predicted molar refractivity (Wildman–Crippen MR) is 66.9 cm³/mol. The van der Waals surface area contributed by atoms with Gasteiger partial charge in [0.1, 0.15) is 5.82 Å². The average molecular weight is 266 g/mol. The zero-order valence-corrected chi connectivity index (χ0v) is 10.2. The highest BCUT2D eigenvalue weighted by atomic mass is 35.5. The van der Waals surface area contributed by atoms with Crippen molar-refractivity contribution in [2.75, 3.05) is 0 Å². The Kier molecular flexibility index (Phi) is 3.30. The number of hydrogen-bond donors (Lipinski definition) is 0. The average Bonchev–Trinajstić information content (AvgIpc) is 2.28. The Morgan fingerprint density at radius 1 is 1.33 bits per heavy atom.